The van der Waals surface area contributed by atoms with Gasteiger partial charge in [-0.05, 0) is 42.5 Å². The van der Waals surface area contributed by atoms with E-state index >= 15 is 0 Å². The minimum Gasteiger partial charge on any atom is -0.391 e. The Kier molecular flexibility index (Phi) is 4.13. The van der Waals surface area contributed by atoms with Crippen LogP contribution >= 0.6 is 11.3 Å². The van der Waals surface area contributed by atoms with Crippen molar-refractivity contribution in [1.82, 2.24) is 9.88 Å². The van der Waals surface area contributed by atoms with Crippen molar-refractivity contribution in [3.63, 3.8) is 0 Å². The molecule has 3 N–H and O–H groups in total. The van der Waals surface area contributed by atoms with E-state index in [1.165, 1.54) is 16.6 Å². The van der Waals surface area contributed by atoms with Gasteiger partial charge in [-0.2, -0.15) is 0 Å². The van der Waals surface area contributed by atoms with Crippen LogP contribution in [0, 0.1) is 6.92 Å². The summed E-state index contributed by atoms with van der Waals surface area (Å²) in [6.07, 6.45) is 1.73. The Morgan fingerprint density at radius 3 is 2.86 bits per heavy atom. The standard InChI is InChI=1S/C16H19N3O2S/c1-10-5-7-22-15(10)12-4-6-19(9-13(12)20)16(21)11-2-3-14(17)18-8-11/h2-3,5,7-8,12-13,20H,4,6,9H2,1H3,(H2,17,18)/t12-,13-/m0/s1. The number of nitrogens with zero attached hydrogens (tertiary/aromatic N) is 2. The molecule has 1 aliphatic heterocycles. The lowest BCUT2D eigenvalue weighted by atomic mass is 9.90. The van der Waals surface area contributed by atoms with Crippen LogP contribution in [0.5, 0.6) is 0 Å². The number of aliphatic hydroxyl groups is 1. The second-order valence-electron chi connectivity index (χ2n) is 5.65. The van der Waals surface area contributed by atoms with Crippen molar-refractivity contribution >= 4 is 23.1 Å². The van der Waals surface area contributed by atoms with Crippen molar-refractivity contribution in [1.29, 1.82) is 0 Å². The third-order valence-corrected chi connectivity index (χ3v) is 5.29. The largest absolute Gasteiger partial charge is 0.391 e. The van der Waals surface area contributed by atoms with E-state index in [1.807, 2.05) is 0 Å². The summed E-state index contributed by atoms with van der Waals surface area (Å²) in [7, 11) is 0. The van der Waals surface area contributed by atoms with Crippen LogP contribution in [0.25, 0.3) is 0 Å². The average Bonchev–Trinajstić information content (AvgIpc) is 2.93. The highest BCUT2D eigenvalue weighted by molar-refractivity contribution is 7.10. The summed E-state index contributed by atoms with van der Waals surface area (Å²) in [5, 5.41) is 12.5. The van der Waals surface area contributed by atoms with Gasteiger partial charge in [0.2, 0.25) is 0 Å². The minimum absolute atomic E-state index is 0.104. The topological polar surface area (TPSA) is 79.5 Å². The summed E-state index contributed by atoms with van der Waals surface area (Å²) in [5.41, 5.74) is 7.26. The molecule has 22 heavy (non-hydrogen) atoms. The second kappa shape index (κ2) is 6.06. The number of aliphatic hydroxyl groups excluding tert-OH is 1. The molecule has 1 fully saturated rings. The number of nitrogens with two attached hydrogens (primary N) is 1. The molecule has 5 nitrogen and oxygen atoms in total. The molecule has 0 spiro atoms. The number of aryl methyl sites for hydroxylation is 1. The lowest BCUT2D eigenvalue weighted by molar-refractivity contribution is 0.0386. The number of aromatic nitrogens is 1. The first-order valence-corrected chi connectivity index (χ1v) is 8.17. The van der Waals surface area contributed by atoms with Crippen LogP contribution in [0.1, 0.15) is 33.1 Å². The number of β-amino-alcohol motifs (C(OH)–C–C–N with tert-alkyl or cyclic N) is 1. The van der Waals surface area contributed by atoms with E-state index in [-0.39, 0.29) is 11.8 Å². The highest BCUT2D eigenvalue weighted by atomic mass is 32.1. The fourth-order valence-corrected chi connectivity index (χ4v) is 4.02. The van der Waals surface area contributed by atoms with Gasteiger partial charge < -0.3 is 15.7 Å². The van der Waals surface area contributed by atoms with Gasteiger partial charge in [-0.1, -0.05) is 0 Å². The molecule has 0 aromatic carbocycles. The summed E-state index contributed by atoms with van der Waals surface area (Å²) in [6, 6.07) is 5.36. The lowest BCUT2D eigenvalue weighted by Gasteiger charge is -2.36. The van der Waals surface area contributed by atoms with Crippen LogP contribution in [0.4, 0.5) is 5.82 Å². The molecular weight excluding hydrogens is 298 g/mol. The zero-order valence-corrected chi connectivity index (χ0v) is 13.2. The molecule has 6 heteroatoms. The van der Waals surface area contributed by atoms with Gasteiger partial charge in [0, 0.05) is 30.1 Å². The molecule has 3 rings (SSSR count). The van der Waals surface area contributed by atoms with E-state index in [0.29, 0.717) is 24.5 Å². The average molecular weight is 317 g/mol. The number of rotatable bonds is 2. The van der Waals surface area contributed by atoms with Crippen molar-refractivity contribution in [2.75, 3.05) is 18.8 Å². The number of anilines is 1. The Hall–Kier alpha value is -1.92. The van der Waals surface area contributed by atoms with Crippen LogP contribution in [-0.4, -0.2) is 40.1 Å². The number of hydrogen-bond acceptors (Lipinski definition) is 5. The number of likely N-dealkylation sites (tertiary alicyclic amines) is 1. The number of carbonyl (C=O) groups is 1. The van der Waals surface area contributed by atoms with Gasteiger partial charge in [0.15, 0.2) is 0 Å². The van der Waals surface area contributed by atoms with Crippen LogP contribution in [0.3, 0.4) is 0 Å². The predicted octanol–water partition coefficient (Wildman–Crippen LogP) is 2.02. The summed E-state index contributed by atoms with van der Waals surface area (Å²) >= 11 is 1.68. The van der Waals surface area contributed by atoms with E-state index in [9.17, 15) is 9.90 Å². The molecule has 2 aromatic rings. The Morgan fingerprint density at radius 1 is 1.45 bits per heavy atom. The van der Waals surface area contributed by atoms with Crippen LogP contribution in [0.2, 0.25) is 0 Å². The second-order valence-corrected chi connectivity index (χ2v) is 6.60. The maximum atomic E-state index is 12.5. The molecule has 0 unspecified atom stereocenters. The number of nitrogen functional groups attached to an aromatic ring is 1. The third kappa shape index (κ3) is 2.84. The fraction of sp³-hybridized carbons (Fsp3) is 0.375. The molecule has 1 saturated heterocycles. The smallest absolute Gasteiger partial charge is 0.255 e. The number of hydrogen-bond donors (Lipinski definition) is 2. The van der Waals surface area contributed by atoms with Crippen molar-refractivity contribution in [2.24, 2.45) is 0 Å². The Labute approximate surface area is 133 Å². The highest BCUT2D eigenvalue weighted by Crippen LogP contribution is 2.34. The molecule has 0 saturated carbocycles. The number of amides is 1. The number of piperidine rings is 1. The number of carbonyl (C=O) groups excluding carboxylic acids is 1. The molecule has 2 atom stereocenters. The molecule has 1 amide bonds. The normalized spacial score (nSPS) is 21.8. The van der Waals surface area contributed by atoms with Gasteiger partial charge in [0.1, 0.15) is 5.82 Å². The van der Waals surface area contributed by atoms with E-state index in [1.54, 1.807) is 28.4 Å². The van der Waals surface area contributed by atoms with Gasteiger partial charge in [-0.15, -0.1) is 11.3 Å². The van der Waals surface area contributed by atoms with Crippen LogP contribution in [-0.2, 0) is 0 Å². The number of pyridine rings is 1. The third-order valence-electron chi connectivity index (χ3n) is 4.14. The summed E-state index contributed by atoms with van der Waals surface area (Å²) in [5.74, 6) is 0.407. The monoisotopic (exact) mass is 317 g/mol. The quantitative estimate of drug-likeness (QED) is 0.888. The van der Waals surface area contributed by atoms with Crippen LogP contribution < -0.4 is 5.73 Å². The van der Waals surface area contributed by atoms with Crippen molar-refractivity contribution in [2.45, 2.75) is 25.4 Å². The molecule has 116 valence electrons. The predicted molar refractivity (Wildman–Crippen MR) is 87.0 cm³/mol. The molecule has 0 aliphatic carbocycles. The Morgan fingerprint density at radius 2 is 2.27 bits per heavy atom. The SMILES string of the molecule is Cc1ccsc1[C@H]1CCN(C(=O)c2ccc(N)nc2)C[C@@H]1O. The van der Waals surface area contributed by atoms with Crippen LogP contribution in [0.15, 0.2) is 29.8 Å². The van der Waals surface area contributed by atoms with Gasteiger partial charge in [-0.25, -0.2) is 4.98 Å². The maximum absolute atomic E-state index is 12.5. The molecule has 1 aliphatic rings. The van der Waals surface area contributed by atoms with E-state index < -0.39 is 6.10 Å². The molecule has 3 heterocycles. The van der Waals surface area contributed by atoms with E-state index in [2.05, 4.69) is 23.4 Å². The fourth-order valence-electron chi connectivity index (χ4n) is 2.90. The van der Waals surface area contributed by atoms with Crippen molar-refractivity contribution in [3.8, 4) is 0 Å². The highest BCUT2D eigenvalue weighted by Gasteiger charge is 2.32. The summed E-state index contributed by atoms with van der Waals surface area (Å²) in [6.45, 7) is 3.06. The van der Waals surface area contributed by atoms with Gasteiger partial charge in [-0.3, -0.25) is 4.79 Å². The van der Waals surface area contributed by atoms with E-state index in [0.717, 1.165) is 6.42 Å². The first-order valence-electron chi connectivity index (χ1n) is 7.29. The molecule has 2 aromatic heterocycles. The zero-order chi connectivity index (χ0) is 15.7. The van der Waals surface area contributed by atoms with Gasteiger partial charge in [0.05, 0.1) is 11.7 Å². The summed E-state index contributed by atoms with van der Waals surface area (Å²) in [4.78, 5) is 19.3. The van der Waals surface area contributed by atoms with Gasteiger partial charge in [0.25, 0.3) is 5.91 Å². The van der Waals surface area contributed by atoms with Crippen molar-refractivity contribution < 1.29 is 9.90 Å². The Bertz CT molecular complexity index is 668. The Balaban J connectivity index is 1.71. The zero-order valence-electron chi connectivity index (χ0n) is 12.4. The van der Waals surface area contributed by atoms with E-state index in [4.69, 9.17) is 5.73 Å². The number of thiophene rings is 1. The first kappa shape index (κ1) is 15.0. The first-order chi connectivity index (χ1) is 10.6. The van der Waals surface area contributed by atoms with Gasteiger partial charge >= 0.3 is 0 Å². The molecular formula is C16H19N3O2S. The van der Waals surface area contributed by atoms with Crippen molar-refractivity contribution in [3.05, 3.63) is 45.8 Å². The summed E-state index contributed by atoms with van der Waals surface area (Å²) < 4.78 is 0. The lowest BCUT2D eigenvalue weighted by Crippen LogP contribution is -2.45. The minimum atomic E-state index is -0.531. The molecule has 0 bridgehead atoms. The maximum Gasteiger partial charge on any atom is 0.255 e. The molecule has 0 radical (unpaired) electrons.